The van der Waals surface area contributed by atoms with Crippen LogP contribution >= 0.6 is 0 Å². The predicted octanol–water partition coefficient (Wildman–Crippen LogP) is 0.430. The van der Waals surface area contributed by atoms with Gasteiger partial charge in [-0.3, -0.25) is 4.79 Å². The maximum Gasteiger partial charge on any atom is 0.251 e. The van der Waals surface area contributed by atoms with Gasteiger partial charge in [0.05, 0.1) is 18.8 Å². The molecular formula is C10H13N5O3. The Labute approximate surface area is 103 Å². The number of azide groups is 1. The molecule has 3 rings (SSSR count). The van der Waals surface area contributed by atoms with E-state index in [1.165, 1.54) is 0 Å². The van der Waals surface area contributed by atoms with Crippen molar-refractivity contribution in [1.29, 1.82) is 0 Å². The Balaban J connectivity index is 1.87. The second-order valence-electron chi connectivity index (χ2n) is 4.56. The topological polar surface area (TPSA) is 99.6 Å². The van der Waals surface area contributed by atoms with Crippen molar-refractivity contribution >= 4 is 5.91 Å². The van der Waals surface area contributed by atoms with E-state index in [1.54, 1.807) is 13.1 Å². The first-order valence-corrected chi connectivity index (χ1v) is 5.77. The van der Waals surface area contributed by atoms with Gasteiger partial charge in [-0.1, -0.05) is 5.11 Å². The van der Waals surface area contributed by atoms with Crippen LogP contribution in [0.4, 0.5) is 0 Å². The van der Waals surface area contributed by atoms with E-state index in [9.17, 15) is 4.79 Å². The zero-order chi connectivity index (χ0) is 12.7. The number of carbonyl (C=O) groups is 1. The molecule has 2 saturated heterocycles. The van der Waals surface area contributed by atoms with E-state index in [4.69, 9.17) is 15.0 Å². The Bertz CT molecular complexity index is 458. The minimum absolute atomic E-state index is 0.138. The highest BCUT2D eigenvalue weighted by Crippen LogP contribution is 2.32. The minimum atomic E-state index is -0.497. The normalized spacial score (nSPS) is 38.2. The van der Waals surface area contributed by atoms with Crippen molar-refractivity contribution in [3.05, 3.63) is 22.2 Å². The maximum absolute atomic E-state index is 11.5. The third-order valence-electron chi connectivity index (χ3n) is 3.38. The SMILES string of the molecule is CC1=CN2C(NC1=O)OC[C@H]1O[C@@H]2CC1N=[N+]=[N-]. The van der Waals surface area contributed by atoms with Crippen LogP contribution in [0.25, 0.3) is 10.4 Å². The second kappa shape index (κ2) is 4.16. The molecule has 0 saturated carbocycles. The van der Waals surface area contributed by atoms with Crippen molar-refractivity contribution in [1.82, 2.24) is 10.2 Å². The molecule has 1 N–H and O–H groups in total. The molecule has 0 aromatic carbocycles. The number of hydrogen-bond acceptors (Lipinski definition) is 5. The molecule has 2 bridgehead atoms. The van der Waals surface area contributed by atoms with Gasteiger partial charge in [-0.2, -0.15) is 0 Å². The zero-order valence-electron chi connectivity index (χ0n) is 9.81. The number of hydrogen-bond donors (Lipinski definition) is 1. The minimum Gasteiger partial charge on any atom is -0.352 e. The van der Waals surface area contributed by atoms with E-state index >= 15 is 0 Å². The molecule has 2 fully saturated rings. The summed E-state index contributed by atoms with van der Waals surface area (Å²) >= 11 is 0. The van der Waals surface area contributed by atoms with Gasteiger partial charge >= 0.3 is 0 Å². The van der Waals surface area contributed by atoms with E-state index in [0.717, 1.165) is 0 Å². The van der Waals surface area contributed by atoms with Crippen LogP contribution in [-0.2, 0) is 14.3 Å². The van der Waals surface area contributed by atoms with Crippen LogP contribution in [0.1, 0.15) is 13.3 Å². The molecule has 0 aromatic rings. The van der Waals surface area contributed by atoms with Crippen LogP contribution in [-0.4, -0.2) is 42.1 Å². The molecule has 18 heavy (non-hydrogen) atoms. The van der Waals surface area contributed by atoms with E-state index in [1.807, 2.05) is 4.90 Å². The number of ether oxygens (including phenoxy) is 2. The molecule has 0 spiro atoms. The fourth-order valence-corrected chi connectivity index (χ4v) is 2.43. The quantitative estimate of drug-likeness (QED) is 0.415. The second-order valence-corrected chi connectivity index (χ2v) is 4.56. The van der Waals surface area contributed by atoms with Crippen molar-refractivity contribution in [3.8, 4) is 0 Å². The summed E-state index contributed by atoms with van der Waals surface area (Å²) in [7, 11) is 0. The average molecular weight is 251 g/mol. The number of nitrogens with one attached hydrogen (secondary N) is 1. The van der Waals surface area contributed by atoms with Gasteiger partial charge in [0.15, 0.2) is 0 Å². The van der Waals surface area contributed by atoms with Gasteiger partial charge < -0.3 is 19.7 Å². The van der Waals surface area contributed by atoms with E-state index in [2.05, 4.69) is 15.3 Å². The van der Waals surface area contributed by atoms with Crippen molar-refractivity contribution < 1.29 is 14.3 Å². The highest BCUT2D eigenvalue weighted by Gasteiger charge is 2.44. The van der Waals surface area contributed by atoms with Crippen LogP contribution in [0.3, 0.4) is 0 Å². The molecule has 3 heterocycles. The fourth-order valence-electron chi connectivity index (χ4n) is 2.43. The number of carbonyl (C=O) groups excluding carboxylic acids is 1. The lowest BCUT2D eigenvalue weighted by atomic mass is 10.1. The average Bonchev–Trinajstić information content (AvgIpc) is 2.65. The Kier molecular flexibility index (Phi) is 2.62. The Morgan fingerprint density at radius 2 is 2.50 bits per heavy atom. The van der Waals surface area contributed by atoms with Gasteiger partial charge in [0.1, 0.15) is 6.23 Å². The van der Waals surface area contributed by atoms with Gasteiger partial charge in [-0.25, -0.2) is 0 Å². The zero-order valence-corrected chi connectivity index (χ0v) is 9.81. The monoisotopic (exact) mass is 251 g/mol. The molecule has 0 aromatic heterocycles. The molecular weight excluding hydrogens is 238 g/mol. The number of amides is 1. The summed E-state index contributed by atoms with van der Waals surface area (Å²) in [5.41, 5.74) is 9.11. The standard InChI is InChI=1S/C10H13N5O3/c1-5-3-15-8-2-6(13-14-11)7(18-8)4-17-10(15)12-9(5)16/h3,6-8,10H,2,4H2,1H3,(H,12,16)/t6?,7-,8-,10?/m1/s1. The molecule has 0 aliphatic carbocycles. The third-order valence-corrected chi connectivity index (χ3v) is 3.38. The summed E-state index contributed by atoms with van der Waals surface area (Å²) in [4.78, 5) is 16.2. The molecule has 96 valence electrons. The first-order chi connectivity index (χ1) is 8.69. The van der Waals surface area contributed by atoms with Crippen molar-refractivity contribution in [3.63, 3.8) is 0 Å². The smallest absolute Gasteiger partial charge is 0.251 e. The summed E-state index contributed by atoms with van der Waals surface area (Å²) in [6.07, 6.45) is 1.36. The number of rotatable bonds is 1. The first kappa shape index (κ1) is 11.3. The summed E-state index contributed by atoms with van der Waals surface area (Å²) in [5.74, 6) is -0.138. The molecule has 1 amide bonds. The van der Waals surface area contributed by atoms with Crippen molar-refractivity contribution in [2.75, 3.05) is 6.61 Å². The summed E-state index contributed by atoms with van der Waals surface area (Å²) in [6.45, 7) is 2.03. The van der Waals surface area contributed by atoms with Gasteiger partial charge in [-0.05, 0) is 12.5 Å². The first-order valence-electron chi connectivity index (χ1n) is 5.77. The van der Waals surface area contributed by atoms with Crippen LogP contribution in [0.5, 0.6) is 0 Å². The Morgan fingerprint density at radius 1 is 1.67 bits per heavy atom. The lowest BCUT2D eigenvalue weighted by Gasteiger charge is -2.36. The third kappa shape index (κ3) is 1.71. The summed E-state index contributed by atoms with van der Waals surface area (Å²) in [5, 5.41) is 6.47. The molecule has 0 radical (unpaired) electrons. The van der Waals surface area contributed by atoms with Crippen LogP contribution in [0, 0.1) is 0 Å². The van der Waals surface area contributed by atoms with Gasteiger partial charge in [0, 0.05) is 23.1 Å². The van der Waals surface area contributed by atoms with Crippen LogP contribution in [0.2, 0.25) is 0 Å². The number of nitrogens with zero attached hydrogens (tertiary/aromatic N) is 4. The summed E-state index contributed by atoms with van der Waals surface area (Å²) < 4.78 is 11.4. The Morgan fingerprint density at radius 3 is 3.28 bits per heavy atom. The molecule has 8 nitrogen and oxygen atoms in total. The molecule has 3 aliphatic rings. The van der Waals surface area contributed by atoms with Crippen LogP contribution < -0.4 is 5.32 Å². The van der Waals surface area contributed by atoms with Crippen molar-refractivity contribution in [2.45, 2.75) is 38.1 Å². The largest absolute Gasteiger partial charge is 0.352 e. The highest BCUT2D eigenvalue weighted by molar-refractivity contribution is 5.93. The lowest BCUT2D eigenvalue weighted by molar-refractivity contribution is -0.135. The Hall–Kier alpha value is -1.76. The highest BCUT2D eigenvalue weighted by atomic mass is 16.6. The molecule has 3 aliphatic heterocycles. The number of fused-ring (bicyclic) bond motifs is 4. The van der Waals surface area contributed by atoms with Crippen molar-refractivity contribution in [2.24, 2.45) is 5.11 Å². The lowest BCUT2D eigenvalue weighted by Crippen LogP contribution is -2.54. The molecule has 8 heteroatoms. The molecule has 2 unspecified atom stereocenters. The van der Waals surface area contributed by atoms with Gasteiger partial charge in [-0.15, -0.1) is 0 Å². The molecule has 4 atom stereocenters. The van der Waals surface area contributed by atoms with Gasteiger partial charge in [0.2, 0.25) is 6.35 Å². The van der Waals surface area contributed by atoms with E-state index in [0.29, 0.717) is 18.6 Å². The maximum atomic E-state index is 11.5. The van der Waals surface area contributed by atoms with Crippen LogP contribution in [0.15, 0.2) is 16.9 Å². The fraction of sp³-hybridized carbons (Fsp3) is 0.700. The van der Waals surface area contributed by atoms with E-state index in [-0.39, 0.29) is 24.3 Å². The van der Waals surface area contributed by atoms with Gasteiger partial charge in [0.25, 0.3) is 5.91 Å². The van der Waals surface area contributed by atoms with E-state index < -0.39 is 6.35 Å². The predicted molar refractivity (Wildman–Crippen MR) is 59.7 cm³/mol. The summed E-state index contributed by atoms with van der Waals surface area (Å²) in [6, 6.07) is -0.215.